The van der Waals surface area contributed by atoms with Gasteiger partial charge in [-0.1, -0.05) is 0 Å². The Morgan fingerprint density at radius 2 is 2.06 bits per heavy atom. The molecule has 2 unspecified atom stereocenters. The summed E-state index contributed by atoms with van der Waals surface area (Å²) in [6.07, 6.45) is 6.61. The van der Waals surface area contributed by atoms with Gasteiger partial charge in [-0.05, 0) is 45.8 Å². The number of nitrogens with one attached hydrogen (secondary N) is 1. The van der Waals surface area contributed by atoms with Gasteiger partial charge in [0, 0.05) is 31.5 Å². The average Bonchev–Trinajstić information content (AvgIpc) is 2.97. The van der Waals surface area contributed by atoms with Crippen molar-refractivity contribution in [3.63, 3.8) is 0 Å². The molecule has 1 aliphatic rings. The fourth-order valence-corrected chi connectivity index (χ4v) is 2.42. The topological polar surface area (TPSA) is 33.1 Å². The summed E-state index contributed by atoms with van der Waals surface area (Å²) < 4.78 is 2.01. The van der Waals surface area contributed by atoms with E-state index in [9.17, 15) is 0 Å². The predicted molar refractivity (Wildman–Crippen MR) is 70.1 cm³/mol. The smallest absolute Gasteiger partial charge is 0.0615 e. The highest BCUT2D eigenvalue weighted by Crippen LogP contribution is 2.08. The summed E-state index contributed by atoms with van der Waals surface area (Å²) in [6.45, 7) is 9.18. The van der Waals surface area contributed by atoms with Crippen LogP contribution in [0.15, 0.2) is 18.5 Å². The van der Waals surface area contributed by atoms with Gasteiger partial charge < -0.3 is 10.2 Å². The lowest BCUT2D eigenvalue weighted by Gasteiger charge is -2.23. The van der Waals surface area contributed by atoms with E-state index < -0.39 is 0 Å². The second kappa shape index (κ2) is 6.17. The van der Waals surface area contributed by atoms with Gasteiger partial charge in [0.2, 0.25) is 0 Å². The van der Waals surface area contributed by atoms with Crippen molar-refractivity contribution in [1.29, 1.82) is 0 Å². The summed E-state index contributed by atoms with van der Waals surface area (Å²) in [4.78, 5) is 2.55. The first kappa shape index (κ1) is 12.6. The zero-order valence-electron chi connectivity index (χ0n) is 11.0. The molecule has 1 aromatic heterocycles. The standard InChI is InChI=1S/C13H24N4/c1-12(11-16-7-3-4-8-16)14-10-13(2)17-9-5-6-15-17/h5-6,9,12-14H,3-4,7-8,10-11H2,1-2H3. The number of hydrogen-bond acceptors (Lipinski definition) is 3. The van der Waals surface area contributed by atoms with Gasteiger partial charge in [-0.3, -0.25) is 4.68 Å². The van der Waals surface area contributed by atoms with Crippen LogP contribution in [-0.4, -0.2) is 46.9 Å². The van der Waals surface area contributed by atoms with E-state index in [0.717, 1.165) is 6.54 Å². The molecule has 0 amide bonds. The fourth-order valence-electron chi connectivity index (χ4n) is 2.42. The minimum atomic E-state index is 0.422. The Kier molecular flexibility index (Phi) is 4.57. The van der Waals surface area contributed by atoms with Gasteiger partial charge in [-0.2, -0.15) is 5.10 Å². The molecule has 0 aliphatic carbocycles. The highest BCUT2D eigenvalue weighted by molar-refractivity contribution is 4.81. The number of likely N-dealkylation sites (tertiary alicyclic amines) is 1. The maximum absolute atomic E-state index is 4.26. The first-order valence-electron chi connectivity index (χ1n) is 6.70. The molecule has 2 atom stereocenters. The molecule has 0 bridgehead atoms. The molecule has 0 saturated carbocycles. The van der Waals surface area contributed by atoms with E-state index >= 15 is 0 Å². The summed E-state index contributed by atoms with van der Waals surface area (Å²) >= 11 is 0. The van der Waals surface area contributed by atoms with Crippen molar-refractivity contribution in [2.75, 3.05) is 26.2 Å². The molecule has 2 rings (SSSR count). The van der Waals surface area contributed by atoms with Gasteiger partial charge in [-0.15, -0.1) is 0 Å². The molecule has 4 nitrogen and oxygen atoms in total. The summed E-state index contributed by atoms with van der Waals surface area (Å²) in [5.41, 5.74) is 0. The molecule has 1 N–H and O–H groups in total. The van der Waals surface area contributed by atoms with Gasteiger partial charge in [0.1, 0.15) is 0 Å². The van der Waals surface area contributed by atoms with E-state index in [2.05, 4.69) is 29.2 Å². The zero-order valence-corrected chi connectivity index (χ0v) is 11.0. The van der Waals surface area contributed by atoms with E-state index in [1.807, 2.05) is 23.1 Å². The van der Waals surface area contributed by atoms with Crippen LogP contribution >= 0.6 is 0 Å². The van der Waals surface area contributed by atoms with Crippen LogP contribution in [0.4, 0.5) is 0 Å². The van der Waals surface area contributed by atoms with Gasteiger partial charge in [0.25, 0.3) is 0 Å². The van der Waals surface area contributed by atoms with Crippen LogP contribution in [0.25, 0.3) is 0 Å². The molecule has 1 saturated heterocycles. The van der Waals surface area contributed by atoms with Crippen LogP contribution in [-0.2, 0) is 0 Å². The van der Waals surface area contributed by atoms with Crippen LogP contribution in [0.5, 0.6) is 0 Å². The highest BCUT2D eigenvalue weighted by atomic mass is 15.3. The van der Waals surface area contributed by atoms with Crippen LogP contribution in [0, 0.1) is 0 Å². The second-order valence-corrected chi connectivity index (χ2v) is 5.15. The Hall–Kier alpha value is -0.870. The van der Waals surface area contributed by atoms with Crippen molar-refractivity contribution in [3.05, 3.63) is 18.5 Å². The summed E-state index contributed by atoms with van der Waals surface area (Å²) in [6, 6.07) is 2.96. The lowest BCUT2D eigenvalue weighted by atomic mass is 10.2. The Bertz CT molecular complexity index is 303. The maximum atomic E-state index is 4.26. The lowest BCUT2D eigenvalue weighted by molar-refractivity contribution is 0.291. The zero-order chi connectivity index (χ0) is 12.1. The second-order valence-electron chi connectivity index (χ2n) is 5.15. The SMILES string of the molecule is CC(CN1CCCC1)NCC(C)n1cccn1. The summed E-state index contributed by atoms with van der Waals surface area (Å²) in [5.74, 6) is 0. The van der Waals surface area contributed by atoms with Crippen molar-refractivity contribution >= 4 is 0 Å². The third-order valence-corrected chi connectivity index (χ3v) is 3.47. The molecule has 17 heavy (non-hydrogen) atoms. The monoisotopic (exact) mass is 236 g/mol. The number of nitrogens with zero attached hydrogens (tertiary/aromatic N) is 3. The van der Waals surface area contributed by atoms with Crippen molar-refractivity contribution in [2.24, 2.45) is 0 Å². The molecule has 0 aromatic carbocycles. The summed E-state index contributed by atoms with van der Waals surface area (Å²) in [5, 5.41) is 7.86. The number of aromatic nitrogens is 2. The molecule has 1 aromatic rings. The third-order valence-electron chi connectivity index (χ3n) is 3.47. The molecule has 4 heteroatoms. The van der Waals surface area contributed by atoms with Gasteiger partial charge in [0.15, 0.2) is 0 Å². The van der Waals surface area contributed by atoms with Crippen LogP contribution in [0.2, 0.25) is 0 Å². The van der Waals surface area contributed by atoms with Gasteiger partial charge in [-0.25, -0.2) is 0 Å². The molecule has 0 radical (unpaired) electrons. The Morgan fingerprint density at radius 1 is 1.29 bits per heavy atom. The summed E-state index contributed by atoms with van der Waals surface area (Å²) in [7, 11) is 0. The number of hydrogen-bond donors (Lipinski definition) is 1. The average molecular weight is 236 g/mol. The van der Waals surface area contributed by atoms with E-state index in [-0.39, 0.29) is 0 Å². The first-order valence-corrected chi connectivity index (χ1v) is 6.70. The van der Waals surface area contributed by atoms with Crippen LogP contribution < -0.4 is 5.32 Å². The molecule has 2 heterocycles. The minimum absolute atomic E-state index is 0.422. The van der Waals surface area contributed by atoms with Crippen molar-refractivity contribution in [1.82, 2.24) is 20.0 Å². The molecule has 1 fully saturated rings. The highest BCUT2D eigenvalue weighted by Gasteiger charge is 2.14. The van der Waals surface area contributed by atoms with Gasteiger partial charge >= 0.3 is 0 Å². The van der Waals surface area contributed by atoms with E-state index in [4.69, 9.17) is 0 Å². The quantitative estimate of drug-likeness (QED) is 0.813. The van der Waals surface area contributed by atoms with Crippen molar-refractivity contribution < 1.29 is 0 Å². The molecule has 1 aliphatic heterocycles. The van der Waals surface area contributed by atoms with E-state index in [1.54, 1.807) is 0 Å². The molecular formula is C13H24N4. The predicted octanol–water partition coefficient (Wildman–Crippen LogP) is 1.52. The van der Waals surface area contributed by atoms with Crippen LogP contribution in [0.1, 0.15) is 32.7 Å². The van der Waals surface area contributed by atoms with Crippen molar-refractivity contribution in [2.45, 2.75) is 38.8 Å². The minimum Gasteiger partial charge on any atom is -0.311 e. The molecule has 96 valence electrons. The van der Waals surface area contributed by atoms with Crippen LogP contribution in [0.3, 0.4) is 0 Å². The van der Waals surface area contributed by atoms with E-state index in [0.29, 0.717) is 12.1 Å². The third kappa shape index (κ3) is 3.82. The van der Waals surface area contributed by atoms with Gasteiger partial charge in [0.05, 0.1) is 6.04 Å². The Labute approximate surface area is 104 Å². The fraction of sp³-hybridized carbons (Fsp3) is 0.769. The maximum Gasteiger partial charge on any atom is 0.0615 e. The lowest BCUT2D eigenvalue weighted by Crippen LogP contribution is -2.40. The van der Waals surface area contributed by atoms with E-state index in [1.165, 1.54) is 32.5 Å². The largest absolute Gasteiger partial charge is 0.311 e. The molecule has 0 spiro atoms. The normalized spacial score (nSPS) is 20.6. The number of rotatable bonds is 6. The first-order chi connectivity index (χ1) is 8.25. The molecular weight excluding hydrogens is 212 g/mol. The van der Waals surface area contributed by atoms with Crippen molar-refractivity contribution in [3.8, 4) is 0 Å². The Morgan fingerprint density at radius 3 is 2.71 bits per heavy atom. The Balaban J connectivity index is 1.66.